The Morgan fingerprint density at radius 1 is 1.37 bits per heavy atom. The van der Waals surface area contributed by atoms with Gasteiger partial charge in [-0.1, -0.05) is 18.9 Å². The van der Waals surface area contributed by atoms with Gasteiger partial charge in [-0.15, -0.1) is 0 Å². The predicted octanol–water partition coefficient (Wildman–Crippen LogP) is 3.02. The molecule has 0 amide bonds. The van der Waals surface area contributed by atoms with Gasteiger partial charge in [-0.2, -0.15) is 5.26 Å². The summed E-state index contributed by atoms with van der Waals surface area (Å²) in [6, 6.07) is 9.22. The second-order valence-corrected chi connectivity index (χ2v) is 6.67. The molecule has 1 saturated carbocycles. The van der Waals surface area contributed by atoms with Gasteiger partial charge in [0.1, 0.15) is 5.75 Å². The first-order chi connectivity index (χ1) is 9.29. The molecule has 102 valence electrons. The first kappa shape index (κ1) is 14.1. The molecule has 1 aliphatic carbocycles. The Balaban J connectivity index is 1.68. The van der Waals surface area contributed by atoms with Crippen molar-refractivity contribution in [2.24, 2.45) is 0 Å². The Kier molecular flexibility index (Phi) is 5.41. The third-order valence-electron chi connectivity index (χ3n) is 3.40. The molecule has 0 bridgehead atoms. The standard InChI is InChI=1S/C15H19NO2S/c16-12-13-5-3-6-14(11-13)18-9-4-10-19(17)15-7-1-2-8-15/h3,5-6,11,15H,1-2,4,7-10H2. The van der Waals surface area contributed by atoms with Gasteiger partial charge in [0.2, 0.25) is 0 Å². The van der Waals surface area contributed by atoms with Crippen molar-refractivity contribution < 1.29 is 8.95 Å². The molecule has 0 heterocycles. The summed E-state index contributed by atoms with van der Waals surface area (Å²) in [5.74, 6) is 1.44. The molecule has 2 rings (SSSR count). The van der Waals surface area contributed by atoms with E-state index in [1.165, 1.54) is 12.8 Å². The number of hydrogen-bond donors (Lipinski definition) is 0. The molecule has 4 heteroatoms. The monoisotopic (exact) mass is 277 g/mol. The summed E-state index contributed by atoms with van der Waals surface area (Å²) in [7, 11) is -0.692. The topological polar surface area (TPSA) is 50.1 Å². The highest BCUT2D eigenvalue weighted by Gasteiger charge is 2.20. The lowest BCUT2D eigenvalue weighted by atomic mass is 10.2. The van der Waals surface area contributed by atoms with E-state index in [1.54, 1.807) is 12.1 Å². The number of nitrogens with zero attached hydrogens (tertiary/aromatic N) is 1. The van der Waals surface area contributed by atoms with Crippen molar-refractivity contribution >= 4 is 10.8 Å². The van der Waals surface area contributed by atoms with Crippen LogP contribution in [0.3, 0.4) is 0 Å². The van der Waals surface area contributed by atoms with Gasteiger partial charge in [0, 0.05) is 21.8 Å². The maximum absolute atomic E-state index is 12.0. The second kappa shape index (κ2) is 7.30. The van der Waals surface area contributed by atoms with Crippen LogP contribution < -0.4 is 4.74 Å². The maximum atomic E-state index is 12.0. The van der Waals surface area contributed by atoms with Gasteiger partial charge >= 0.3 is 0 Å². The molecule has 1 aromatic rings. The van der Waals surface area contributed by atoms with Gasteiger partial charge in [0.25, 0.3) is 0 Å². The summed E-state index contributed by atoms with van der Waals surface area (Å²) in [4.78, 5) is 0. The highest BCUT2D eigenvalue weighted by atomic mass is 32.2. The van der Waals surface area contributed by atoms with Gasteiger partial charge in [-0.05, 0) is 37.5 Å². The molecule has 1 atom stereocenters. The van der Waals surface area contributed by atoms with E-state index in [4.69, 9.17) is 10.00 Å². The van der Waals surface area contributed by atoms with Crippen molar-refractivity contribution in [3.63, 3.8) is 0 Å². The molecule has 3 nitrogen and oxygen atoms in total. The average Bonchev–Trinajstić information content (AvgIpc) is 2.98. The molecular weight excluding hydrogens is 258 g/mol. The minimum Gasteiger partial charge on any atom is -0.494 e. The van der Waals surface area contributed by atoms with Crippen LogP contribution in [-0.4, -0.2) is 21.8 Å². The molecule has 0 aromatic heterocycles. The molecule has 19 heavy (non-hydrogen) atoms. The maximum Gasteiger partial charge on any atom is 0.120 e. The first-order valence-corrected chi connectivity index (χ1v) is 8.18. The Morgan fingerprint density at radius 3 is 2.89 bits per heavy atom. The van der Waals surface area contributed by atoms with Crippen molar-refractivity contribution in [3.05, 3.63) is 29.8 Å². The molecule has 0 aliphatic heterocycles. The molecule has 0 radical (unpaired) electrons. The largest absolute Gasteiger partial charge is 0.494 e. The minimum absolute atomic E-state index is 0.418. The number of ether oxygens (including phenoxy) is 1. The lowest BCUT2D eigenvalue weighted by molar-refractivity contribution is 0.318. The van der Waals surface area contributed by atoms with E-state index in [9.17, 15) is 4.21 Å². The highest BCUT2D eigenvalue weighted by Crippen LogP contribution is 2.23. The Hall–Kier alpha value is -1.34. The predicted molar refractivity (Wildman–Crippen MR) is 76.5 cm³/mol. The summed E-state index contributed by atoms with van der Waals surface area (Å²) in [6.07, 6.45) is 5.51. The molecular formula is C15H19NO2S. The van der Waals surface area contributed by atoms with Crippen LogP contribution in [0, 0.1) is 11.3 Å². The van der Waals surface area contributed by atoms with Crippen molar-refractivity contribution in [3.8, 4) is 11.8 Å². The van der Waals surface area contributed by atoms with Gasteiger partial charge in [0.15, 0.2) is 0 Å². The summed E-state index contributed by atoms with van der Waals surface area (Å²) < 4.78 is 17.5. The SMILES string of the molecule is N#Cc1cccc(OCCCS(=O)C2CCCC2)c1. The smallest absolute Gasteiger partial charge is 0.120 e. The van der Waals surface area contributed by atoms with Crippen LogP contribution in [0.1, 0.15) is 37.7 Å². The number of rotatable bonds is 6. The highest BCUT2D eigenvalue weighted by molar-refractivity contribution is 7.85. The number of nitriles is 1. The van der Waals surface area contributed by atoms with Gasteiger partial charge in [-0.3, -0.25) is 4.21 Å². The summed E-state index contributed by atoms with van der Waals surface area (Å²) in [6.45, 7) is 0.563. The lowest BCUT2D eigenvalue weighted by Gasteiger charge is -2.09. The van der Waals surface area contributed by atoms with E-state index in [-0.39, 0.29) is 0 Å². The molecule has 0 saturated heterocycles. The average molecular weight is 277 g/mol. The van der Waals surface area contributed by atoms with Crippen molar-refractivity contribution in [2.75, 3.05) is 12.4 Å². The van der Waals surface area contributed by atoms with E-state index in [0.29, 0.717) is 23.2 Å². The Morgan fingerprint density at radius 2 is 2.16 bits per heavy atom. The molecule has 0 spiro atoms. The number of hydrogen-bond acceptors (Lipinski definition) is 3. The Bertz CT molecular complexity index is 475. The van der Waals surface area contributed by atoms with Crippen molar-refractivity contribution in [2.45, 2.75) is 37.4 Å². The third-order valence-corrected chi connectivity index (χ3v) is 5.30. The zero-order valence-corrected chi connectivity index (χ0v) is 11.8. The zero-order valence-electron chi connectivity index (χ0n) is 11.0. The van der Waals surface area contributed by atoms with Crippen LogP contribution in [0.25, 0.3) is 0 Å². The number of benzene rings is 1. The van der Waals surface area contributed by atoms with Crippen LogP contribution in [0.4, 0.5) is 0 Å². The molecule has 1 aromatic carbocycles. The lowest BCUT2D eigenvalue weighted by Crippen LogP contribution is -2.15. The van der Waals surface area contributed by atoms with Crippen molar-refractivity contribution in [1.29, 1.82) is 5.26 Å². The van der Waals surface area contributed by atoms with Crippen LogP contribution >= 0.6 is 0 Å². The quantitative estimate of drug-likeness (QED) is 0.751. The fraction of sp³-hybridized carbons (Fsp3) is 0.533. The third kappa shape index (κ3) is 4.36. The minimum atomic E-state index is -0.692. The first-order valence-electron chi connectivity index (χ1n) is 6.80. The molecule has 0 N–H and O–H groups in total. The van der Waals surface area contributed by atoms with Crippen LogP contribution in [0.2, 0.25) is 0 Å². The fourth-order valence-electron chi connectivity index (χ4n) is 2.36. The van der Waals surface area contributed by atoms with E-state index < -0.39 is 10.8 Å². The molecule has 1 unspecified atom stereocenters. The van der Waals surface area contributed by atoms with Gasteiger partial charge in [-0.25, -0.2) is 0 Å². The normalized spacial score (nSPS) is 17.0. The van der Waals surface area contributed by atoms with Crippen LogP contribution in [0.5, 0.6) is 5.75 Å². The van der Waals surface area contributed by atoms with Crippen LogP contribution in [-0.2, 0) is 10.8 Å². The van der Waals surface area contributed by atoms with E-state index in [2.05, 4.69) is 6.07 Å². The van der Waals surface area contributed by atoms with E-state index in [1.807, 2.05) is 12.1 Å². The molecule has 1 aliphatic rings. The van der Waals surface area contributed by atoms with E-state index >= 15 is 0 Å². The fourth-order valence-corrected chi connectivity index (χ4v) is 3.96. The van der Waals surface area contributed by atoms with Gasteiger partial charge < -0.3 is 4.74 Å². The summed E-state index contributed by atoms with van der Waals surface area (Å²) >= 11 is 0. The van der Waals surface area contributed by atoms with Crippen molar-refractivity contribution in [1.82, 2.24) is 0 Å². The van der Waals surface area contributed by atoms with Gasteiger partial charge in [0.05, 0.1) is 18.2 Å². The summed E-state index contributed by atoms with van der Waals surface area (Å²) in [5.41, 5.74) is 0.604. The second-order valence-electron chi connectivity index (χ2n) is 4.83. The summed E-state index contributed by atoms with van der Waals surface area (Å²) in [5, 5.41) is 9.20. The zero-order chi connectivity index (χ0) is 13.5. The van der Waals surface area contributed by atoms with E-state index in [0.717, 1.165) is 25.0 Å². The van der Waals surface area contributed by atoms with Crippen LogP contribution in [0.15, 0.2) is 24.3 Å². The molecule has 1 fully saturated rings. The Labute approximate surface area is 117 Å².